The number of aryl methyl sites for hydroxylation is 1. The van der Waals surface area contributed by atoms with Crippen LogP contribution in [-0.4, -0.2) is 61.4 Å². The summed E-state index contributed by atoms with van der Waals surface area (Å²) in [5, 5.41) is 0. The SMILES string of the molecule is COc1ccccc1C1=C(N2CCN(c3cccc(C)c3C)CC2)C(=O)N(CC(C)C)C1=O. The summed E-state index contributed by atoms with van der Waals surface area (Å²) < 4.78 is 5.55. The van der Waals surface area contributed by atoms with Crippen molar-refractivity contribution in [2.75, 3.05) is 44.7 Å². The van der Waals surface area contributed by atoms with Crippen LogP contribution >= 0.6 is 0 Å². The Bertz CT molecular complexity index is 1100. The van der Waals surface area contributed by atoms with Crippen LogP contribution in [0.1, 0.15) is 30.5 Å². The van der Waals surface area contributed by atoms with Gasteiger partial charge in [-0.15, -0.1) is 0 Å². The van der Waals surface area contributed by atoms with Crippen LogP contribution in [0.4, 0.5) is 5.69 Å². The van der Waals surface area contributed by atoms with Crippen LogP contribution in [-0.2, 0) is 9.59 Å². The number of carbonyl (C=O) groups is 2. The number of anilines is 1. The third-order valence-electron chi connectivity index (χ3n) is 6.58. The van der Waals surface area contributed by atoms with Crippen molar-refractivity contribution < 1.29 is 14.3 Å². The standard InChI is InChI=1S/C27H33N3O3/c1-18(2)17-30-26(31)24(21-10-6-7-12-23(21)33-5)25(27(30)32)29-15-13-28(14-16-29)22-11-8-9-19(3)20(22)4/h6-12,18H,13-17H2,1-5H3. The lowest BCUT2D eigenvalue weighted by atomic mass is 10.0. The van der Waals surface area contributed by atoms with Gasteiger partial charge in [0, 0.05) is 44.0 Å². The van der Waals surface area contributed by atoms with E-state index in [9.17, 15) is 9.59 Å². The number of imide groups is 1. The molecule has 0 aliphatic carbocycles. The lowest BCUT2D eigenvalue weighted by Gasteiger charge is -2.38. The Kier molecular flexibility index (Phi) is 6.45. The molecule has 2 heterocycles. The van der Waals surface area contributed by atoms with Gasteiger partial charge in [-0.25, -0.2) is 0 Å². The minimum Gasteiger partial charge on any atom is -0.496 e. The molecular formula is C27H33N3O3. The number of para-hydroxylation sites is 1. The molecule has 0 aromatic heterocycles. The number of hydrogen-bond acceptors (Lipinski definition) is 5. The number of piperazine rings is 1. The van der Waals surface area contributed by atoms with Gasteiger partial charge in [-0.2, -0.15) is 0 Å². The highest BCUT2D eigenvalue weighted by Crippen LogP contribution is 2.37. The van der Waals surface area contributed by atoms with Gasteiger partial charge in [-0.3, -0.25) is 14.5 Å². The molecule has 4 rings (SSSR count). The van der Waals surface area contributed by atoms with Crippen molar-refractivity contribution in [2.24, 2.45) is 5.92 Å². The predicted molar refractivity (Wildman–Crippen MR) is 131 cm³/mol. The number of methoxy groups -OCH3 is 1. The highest BCUT2D eigenvalue weighted by molar-refractivity contribution is 6.36. The molecule has 33 heavy (non-hydrogen) atoms. The van der Waals surface area contributed by atoms with Crippen molar-refractivity contribution in [2.45, 2.75) is 27.7 Å². The number of rotatable bonds is 6. The summed E-state index contributed by atoms with van der Waals surface area (Å²) in [4.78, 5) is 32.9. The first-order valence-electron chi connectivity index (χ1n) is 11.6. The van der Waals surface area contributed by atoms with E-state index in [0.717, 1.165) is 13.1 Å². The van der Waals surface area contributed by atoms with Gasteiger partial charge in [0.1, 0.15) is 11.4 Å². The third kappa shape index (κ3) is 4.22. The Morgan fingerprint density at radius 2 is 1.55 bits per heavy atom. The number of carbonyl (C=O) groups excluding carboxylic acids is 2. The Morgan fingerprint density at radius 3 is 2.21 bits per heavy atom. The van der Waals surface area contributed by atoms with Gasteiger partial charge in [0.05, 0.1) is 12.7 Å². The molecule has 6 heteroatoms. The number of nitrogens with zero attached hydrogens (tertiary/aromatic N) is 3. The van der Waals surface area contributed by atoms with Crippen molar-refractivity contribution in [1.29, 1.82) is 0 Å². The average molecular weight is 448 g/mol. The van der Waals surface area contributed by atoms with E-state index in [2.05, 4.69) is 41.8 Å². The molecule has 2 aliphatic rings. The maximum absolute atomic E-state index is 13.5. The maximum Gasteiger partial charge on any atom is 0.277 e. The molecule has 6 nitrogen and oxygen atoms in total. The molecular weight excluding hydrogens is 414 g/mol. The summed E-state index contributed by atoms with van der Waals surface area (Å²) in [7, 11) is 1.59. The van der Waals surface area contributed by atoms with Crippen molar-refractivity contribution >= 4 is 23.1 Å². The predicted octanol–water partition coefficient (Wildman–Crippen LogP) is 3.87. The second kappa shape index (κ2) is 9.30. The molecule has 1 saturated heterocycles. The smallest absolute Gasteiger partial charge is 0.277 e. The van der Waals surface area contributed by atoms with Gasteiger partial charge < -0.3 is 14.5 Å². The molecule has 0 unspecified atom stereocenters. The fourth-order valence-corrected chi connectivity index (χ4v) is 4.73. The van der Waals surface area contributed by atoms with E-state index in [4.69, 9.17) is 4.74 Å². The summed E-state index contributed by atoms with van der Waals surface area (Å²) in [5.74, 6) is 0.365. The van der Waals surface area contributed by atoms with Crippen LogP contribution in [0.25, 0.3) is 5.57 Å². The highest BCUT2D eigenvalue weighted by atomic mass is 16.5. The fraction of sp³-hybridized carbons (Fsp3) is 0.407. The molecule has 0 atom stereocenters. The van der Waals surface area contributed by atoms with E-state index in [1.165, 1.54) is 21.7 Å². The van der Waals surface area contributed by atoms with E-state index >= 15 is 0 Å². The molecule has 2 aromatic carbocycles. The Labute approximate surface area is 196 Å². The minimum atomic E-state index is -0.231. The summed E-state index contributed by atoms with van der Waals surface area (Å²) in [5.41, 5.74) is 5.44. The first-order valence-corrected chi connectivity index (χ1v) is 11.6. The lowest BCUT2D eigenvalue weighted by molar-refractivity contribution is -0.138. The van der Waals surface area contributed by atoms with Gasteiger partial charge in [0.25, 0.3) is 11.8 Å². The van der Waals surface area contributed by atoms with Crippen molar-refractivity contribution in [1.82, 2.24) is 9.80 Å². The zero-order valence-electron chi connectivity index (χ0n) is 20.2. The lowest BCUT2D eigenvalue weighted by Crippen LogP contribution is -2.48. The number of benzene rings is 2. The molecule has 0 saturated carbocycles. The van der Waals surface area contributed by atoms with E-state index in [1.807, 2.05) is 38.1 Å². The summed E-state index contributed by atoms with van der Waals surface area (Å²) >= 11 is 0. The van der Waals surface area contributed by atoms with Crippen LogP contribution in [0.5, 0.6) is 5.75 Å². The van der Waals surface area contributed by atoms with Gasteiger partial charge in [0.15, 0.2) is 0 Å². The molecule has 0 bridgehead atoms. The van der Waals surface area contributed by atoms with Gasteiger partial charge >= 0.3 is 0 Å². The normalized spacial score (nSPS) is 17.0. The zero-order valence-corrected chi connectivity index (χ0v) is 20.2. The quantitative estimate of drug-likeness (QED) is 0.630. The molecule has 1 fully saturated rings. The second-order valence-electron chi connectivity index (χ2n) is 9.23. The second-order valence-corrected chi connectivity index (χ2v) is 9.23. The topological polar surface area (TPSA) is 53.1 Å². The minimum absolute atomic E-state index is 0.192. The van der Waals surface area contributed by atoms with Crippen molar-refractivity contribution in [3.8, 4) is 5.75 Å². The summed E-state index contributed by atoms with van der Waals surface area (Å²) in [6, 6.07) is 13.8. The van der Waals surface area contributed by atoms with Gasteiger partial charge in [-0.1, -0.05) is 44.2 Å². The molecule has 2 aromatic rings. The van der Waals surface area contributed by atoms with Gasteiger partial charge in [-0.05, 0) is 43.0 Å². The molecule has 2 amide bonds. The zero-order chi connectivity index (χ0) is 23.7. The Hall–Kier alpha value is -3.28. The third-order valence-corrected chi connectivity index (χ3v) is 6.58. The molecule has 0 N–H and O–H groups in total. The van der Waals surface area contributed by atoms with Crippen molar-refractivity contribution in [3.63, 3.8) is 0 Å². The largest absolute Gasteiger partial charge is 0.496 e. The Balaban J connectivity index is 1.68. The average Bonchev–Trinajstić information content (AvgIpc) is 3.05. The highest BCUT2D eigenvalue weighted by Gasteiger charge is 2.43. The van der Waals surface area contributed by atoms with Crippen LogP contribution in [0.15, 0.2) is 48.2 Å². The number of hydrogen-bond donors (Lipinski definition) is 0. The monoisotopic (exact) mass is 447 g/mol. The van der Waals surface area contributed by atoms with Crippen LogP contribution in [0.2, 0.25) is 0 Å². The fourth-order valence-electron chi connectivity index (χ4n) is 4.73. The first kappa shape index (κ1) is 22.9. The van der Waals surface area contributed by atoms with Crippen LogP contribution < -0.4 is 9.64 Å². The van der Waals surface area contributed by atoms with E-state index in [1.54, 1.807) is 7.11 Å². The summed E-state index contributed by atoms with van der Waals surface area (Å²) in [6.07, 6.45) is 0. The molecule has 174 valence electrons. The van der Waals surface area contributed by atoms with Crippen molar-refractivity contribution in [3.05, 3.63) is 64.9 Å². The number of ether oxygens (including phenoxy) is 1. The molecule has 0 spiro atoms. The van der Waals surface area contributed by atoms with Gasteiger partial charge in [0.2, 0.25) is 0 Å². The Morgan fingerprint density at radius 1 is 0.879 bits per heavy atom. The number of amides is 2. The van der Waals surface area contributed by atoms with Crippen LogP contribution in [0, 0.1) is 19.8 Å². The first-order chi connectivity index (χ1) is 15.8. The van der Waals surface area contributed by atoms with E-state index in [-0.39, 0.29) is 17.7 Å². The van der Waals surface area contributed by atoms with E-state index < -0.39 is 0 Å². The van der Waals surface area contributed by atoms with E-state index in [0.29, 0.717) is 42.2 Å². The summed E-state index contributed by atoms with van der Waals surface area (Å²) in [6.45, 7) is 11.7. The molecule has 0 radical (unpaired) electrons. The van der Waals surface area contributed by atoms with Crippen LogP contribution in [0.3, 0.4) is 0 Å². The molecule has 2 aliphatic heterocycles. The maximum atomic E-state index is 13.5.